The number of fused-ring (bicyclic) bond motifs is 3. The number of nitrogens with one attached hydrogen (secondary N) is 2. The normalized spacial score (nSPS) is 37.1. The van der Waals surface area contributed by atoms with Gasteiger partial charge in [-0.1, -0.05) is 0 Å². The fourth-order valence-corrected chi connectivity index (χ4v) is 6.56. The number of phosphoric acid groups is 1. The van der Waals surface area contributed by atoms with Crippen LogP contribution >= 0.6 is 7.82 Å². The number of H-pyrrole nitrogens is 2. The Kier molecular flexibility index (Phi) is 6.66. The molecular weight excluding hydrogens is 575 g/mol. The number of aryl methyl sites for hydroxylation is 2. The summed E-state index contributed by atoms with van der Waals surface area (Å²) in [5, 5.41) is 20.9. The quantitative estimate of drug-likeness (QED) is 0.188. The number of nitrogens with zero attached hydrogens (tertiary/aromatic N) is 2. The first-order chi connectivity index (χ1) is 19.3. The Labute approximate surface area is 228 Å². The van der Waals surface area contributed by atoms with E-state index in [2.05, 4.69) is 9.97 Å². The molecule has 4 fully saturated rings. The number of aromatic amines is 2. The summed E-state index contributed by atoms with van der Waals surface area (Å²) in [6.07, 6.45) is -5.00. The average molecular weight is 602 g/mol. The minimum atomic E-state index is -4.95. The number of ether oxygens (including phenoxy) is 4. The summed E-state index contributed by atoms with van der Waals surface area (Å²) in [5.41, 5.74) is -5.56. The van der Waals surface area contributed by atoms with Crippen molar-refractivity contribution in [2.24, 2.45) is 0 Å². The highest BCUT2D eigenvalue weighted by Gasteiger charge is 2.66. The standard InChI is InChI=1S/C22H27N4O14P/c1-9-3-25(19(31)23-15(9)29)17-11(28)13-22(38-17,7-36-13)8-37-41(33,34)40-14-12-18(39-21(14,5-27)6-35-12)26-4-10(2)16(30)24-20(26)32/h3-4,11-14,17-18,27-28H,5-8H2,1-2H3,(H,33,34)(H,23,29,31)(H,24,30,32)/t11-,12?,13+,14+,17-,18-,21+,22-/m1/s1. The van der Waals surface area contributed by atoms with Crippen molar-refractivity contribution >= 4 is 7.82 Å². The molecule has 4 saturated heterocycles. The molecule has 0 aliphatic carbocycles. The fourth-order valence-electron chi connectivity index (χ4n) is 5.52. The molecule has 4 aliphatic rings. The van der Waals surface area contributed by atoms with Crippen molar-refractivity contribution in [3.05, 3.63) is 65.2 Å². The van der Waals surface area contributed by atoms with E-state index in [-0.39, 0.29) is 24.3 Å². The number of hydrogen-bond donors (Lipinski definition) is 5. The Hall–Kier alpha value is -2.77. The summed E-state index contributed by atoms with van der Waals surface area (Å²) in [7, 11) is -4.95. The van der Waals surface area contributed by atoms with E-state index in [4.69, 9.17) is 28.0 Å². The van der Waals surface area contributed by atoms with Crippen LogP contribution in [0.3, 0.4) is 0 Å². The third-order valence-electron chi connectivity index (χ3n) is 7.78. The Morgan fingerprint density at radius 3 is 2.10 bits per heavy atom. The van der Waals surface area contributed by atoms with Gasteiger partial charge in [-0.3, -0.25) is 37.7 Å². The molecule has 0 saturated carbocycles. The van der Waals surface area contributed by atoms with Crippen LogP contribution in [0.2, 0.25) is 0 Å². The zero-order valence-corrected chi connectivity index (χ0v) is 22.5. The van der Waals surface area contributed by atoms with Crippen molar-refractivity contribution in [3.63, 3.8) is 0 Å². The third kappa shape index (κ3) is 4.42. The van der Waals surface area contributed by atoms with Gasteiger partial charge >= 0.3 is 19.2 Å². The second kappa shape index (κ2) is 9.63. The Morgan fingerprint density at radius 1 is 0.976 bits per heavy atom. The van der Waals surface area contributed by atoms with Gasteiger partial charge < -0.3 is 34.1 Å². The first-order valence-corrected chi connectivity index (χ1v) is 14.0. The third-order valence-corrected chi connectivity index (χ3v) is 8.73. The van der Waals surface area contributed by atoms with Crippen LogP contribution in [0.4, 0.5) is 0 Å². The molecule has 0 aromatic carbocycles. The van der Waals surface area contributed by atoms with Crippen molar-refractivity contribution in [3.8, 4) is 0 Å². The molecule has 19 heteroatoms. The summed E-state index contributed by atoms with van der Waals surface area (Å²) in [6, 6.07) is 0. The van der Waals surface area contributed by atoms with Crippen LogP contribution in [0.5, 0.6) is 0 Å². The zero-order chi connectivity index (χ0) is 29.5. The van der Waals surface area contributed by atoms with Gasteiger partial charge in [0.25, 0.3) is 11.1 Å². The van der Waals surface area contributed by atoms with E-state index >= 15 is 0 Å². The van der Waals surface area contributed by atoms with E-state index < -0.39 is 91.6 Å². The van der Waals surface area contributed by atoms with E-state index in [9.17, 15) is 38.8 Å². The summed E-state index contributed by atoms with van der Waals surface area (Å²) in [4.78, 5) is 63.2. The van der Waals surface area contributed by atoms with Gasteiger partial charge in [-0.2, -0.15) is 0 Å². The molecule has 0 amide bonds. The van der Waals surface area contributed by atoms with Crippen molar-refractivity contribution in [2.45, 2.75) is 61.9 Å². The van der Waals surface area contributed by atoms with Crippen LogP contribution < -0.4 is 22.5 Å². The van der Waals surface area contributed by atoms with Gasteiger partial charge in [0.05, 0.1) is 26.4 Å². The maximum atomic E-state index is 13.1. The second-order valence-corrected chi connectivity index (χ2v) is 11.9. The number of hydrogen-bond acceptors (Lipinski definition) is 13. The van der Waals surface area contributed by atoms with Crippen molar-refractivity contribution in [1.82, 2.24) is 19.1 Å². The molecule has 0 radical (unpaired) electrons. The molecule has 41 heavy (non-hydrogen) atoms. The topological polar surface area (TPSA) is 243 Å². The molecule has 2 aromatic rings. The molecule has 224 valence electrons. The van der Waals surface area contributed by atoms with Crippen LogP contribution in [0, 0.1) is 13.8 Å². The van der Waals surface area contributed by atoms with E-state index in [0.717, 1.165) is 9.13 Å². The smallest absolute Gasteiger partial charge is 0.393 e. The molecule has 0 spiro atoms. The molecule has 18 nitrogen and oxygen atoms in total. The lowest BCUT2D eigenvalue weighted by molar-refractivity contribution is -0.245. The van der Waals surface area contributed by atoms with Gasteiger partial charge in [-0.05, 0) is 13.8 Å². The molecule has 4 aliphatic heterocycles. The monoisotopic (exact) mass is 602 g/mol. The highest BCUT2D eigenvalue weighted by molar-refractivity contribution is 7.47. The van der Waals surface area contributed by atoms with Gasteiger partial charge in [0.15, 0.2) is 12.5 Å². The van der Waals surface area contributed by atoms with Gasteiger partial charge in [-0.15, -0.1) is 0 Å². The Balaban J connectivity index is 1.19. The van der Waals surface area contributed by atoms with Crippen LogP contribution in [0.15, 0.2) is 31.6 Å². The average Bonchev–Trinajstić information content (AvgIpc) is 3.45. The number of aliphatic hydroxyl groups excluding tert-OH is 2. The molecule has 6 rings (SSSR count). The summed E-state index contributed by atoms with van der Waals surface area (Å²) in [5.74, 6) is 0. The first-order valence-electron chi connectivity index (χ1n) is 12.5. The van der Waals surface area contributed by atoms with Gasteiger partial charge in [0.2, 0.25) is 0 Å². The largest absolute Gasteiger partial charge is 0.472 e. The lowest BCUT2D eigenvalue weighted by atomic mass is 9.91. The molecule has 2 aromatic heterocycles. The molecule has 6 heterocycles. The SMILES string of the molecule is Cc1cn([C@@H]2O[C@@]3(CO)COC2[C@@H]3OP(=O)(O)OC[C@]23CO[C@H]2[C@@H](O)[C@H](n2cc(C)c(=O)[nH]c2=O)O3)c(=O)[nH]c1=O. The number of rotatable bonds is 8. The van der Waals surface area contributed by atoms with Crippen LogP contribution in [0.1, 0.15) is 23.6 Å². The van der Waals surface area contributed by atoms with Crippen LogP contribution in [-0.4, -0.2) is 96.3 Å². The second-order valence-electron chi connectivity index (χ2n) is 10.5. The lowest BCUT2D eigenvalue weighted by Gasteiger charge is -2.43. The maximum Gasteiger partial charge on any atom is 0.472 e. The summed E-state index contributed by atoms with van der Waals surface area (Å²) in [6.45, 7) is 1.23. The highest BCUT2D eigenvalue weighted by atomic mass is 31.2. The zero-order valence-electron chi connectivity index (χ0n) is 21.6. The minimum absolute atomic E-state index is 0.155. The molecule has 2 unspecified atom stereocenters. The molecule has 5 N–H and O–H groups in total. The molecular formula is C22H27N4O14P. The molecule has 2 bridgehead atoms. The highest BCUT2D eigenvalue weighted by Crippen LogP contribution is 2.56. The van der Waals surface area contributed by atoms with Crippen molar-refractivity contribution < 1.29 is 47.7 Å². The van der Waals surface area contributed by atoms with Crippen LogP contribution in [-0.2, 0) is 32.6 Å². The Bertz CT molecular complexity index is 1670. The Morgan fingerprint density at radius 2 is 1.54 bits per heavy atom. The van der Waals surface area contributed by atoms with E-state index in [1.165, 1.54) is 26.2 Å². The molecule has 9 atom stereocenters. The van der Waals surface area contributed by atoms with E-state index in [1.807, 2.05) is 0 Å². The van der Waals surface area contributed by atoms with Gasteiger partial charge in [0, 0.05) is 23.5 Å². The minimum Gasteiger partial charge on any atom is -0.393 e. The summed E-state index contributed by atoms with van der Waals surface area (Å²) < 4.78 is 48.6. The van der Waals surface area contributed by atoms with Crippen molar-refractivity contribution in [2.75, 3.05) is 26.4 Å². The van der Waals surface area contributed by atoms with E-state index in [1.54, 1.807) is 0 Å². The predicted molar refractivity (Wildman–Crippen MR) is 131 cm³/mol. The van der Waals surface area contributed by atoms with Gasteiger partial charge in [0.1, 0.15) is 35.6 Å². The predicted octanol–water partition coefficient (Wildman–Crippen LogP) is -3.11. The van der Waals surface area contributed by atoms with Crippen molar-refractivity contribution in [1.29, 1.82) is 0 Å². The fraction of sp³-hybridized carbons (Fsp3) is 0.636. The van der Waals surface area contributed by atoms with Gasteiger partial charge in [-0.25, -0.2) is 14.2 Å². The lowest BCUT2D eigenvalue weighted by Crippen LogP contribution is -2.61. The number of phosphoric ester groups is 1. The van der Waals surface area contributed by atoms with Crippen LogP contribution in [0.25, 0.3) is 0 Å². The number of aromatic nitrogens is 4. The van der Waals surface area contributed by atoms with E-state index in [0.29, 0.717) is 0 Å². The summed E-state index contributed by atoms with van der Waals surface area (Å²) >= 11 is 0. The number of aliphatic hydroxyl groups is 2. The maximum absolute atomic E-state index is 13.1. The first kappa shape index (κ1) is 28.4.